The van der Waals surface area contributed by atoms with Crippen LogP contribution in [0.3, 0.4) is 0 Å². The average molecular weight is 276 g/mol. The maximum Gasteiger partial charge on any atom is 0.237 e. The Hall–Kier alpha value is -1.39. The summed E-state index contributed by atoms with van der Waals surface area (Å²) in [6, 6.07) is 9.92. The second-order valence-corrected chi connectivity index (χ2v) is 5.39. The molecule has 2 rings (SSSR count). The van der Waals surface area contributed by atoms with Crippen molar-refractivity contribution in [3.63, 3.8) is 0 Å². The standard InChI is InChI=1S/C16H24N2O2/c1-2-20-14-10-13(11-14)18-16(19)15(17)9-8-12-6-4-3-5-7-12/h3-7,13-15H,2,8-11,17H2,1H3,(H,18,19). The fourth-order valence-electron chi connectivity index (χ4n) is 2.46. The molecule has 20 heavy (non-hydrogen) atoms. The van der Waals surface area contributed by atoms with Crippen LogP contribution in [0.4, 0.5) is 0 Å². The van der Waals surface area contributed by atoms with Crippen LogP contribution in [0.5, 0.6) is 0 Å². The van der Waals surface area contributed by atoms with Crippen molar-refractivity contribution in [2.75, 3.05) is 6.61 Å². The van der Waals surface area contributed by atoms with Crippen LogP contribution in [0.15, 0.2) is 30.3 Å². The van der Waals surface area contributed by atoms with Crippen molar-refractivity contribution in [1.82, 2.24) is 5.32 Å². The molecular weight excluding hydrogens is 252 g/mol. The molecular formula is C16H24N2O2. The van der Waals surface area contributed by atoms with Gasteiger partial charge in [0.05, 0.1) is 12.1 Å². The number of rotatable bonds is 7. The van der Waals surface area contributed by atoms with E-state index in [0.717, 1.165) is 25.9 Å². The smallest absolute Gasteiger partial charge is 0.237 e. The van der Waals surface area contributed by atoms with Crippen LogP contribution < -0.4 is 11.1 Å². The number of benzene rings is 1. The fraction of sp³-hybridized carbons (Fsp3) is 0.562. The molecule has 1 fully saturated rings. The lowest BCUT2D eigenvalue weighted by atomic mass is 9.89. The molecule has 1 saturated carbocycles. The fourth-order valence-corrected chi connectivity index (χ4v) is 2.46. The first kappa shape index (κ1) is 15.0. The van der Waals surface area contributed by atoms with Gasteiger partial charge in [0.25, 0.3) is 0 Å². The van der Waals surface area contributed by atoms with Gasteiger partial charge < -0.3 is 15.8 Å². The van der Waals surface area contributed by atoms with Crippen molar-refractivity contribution in [1.29, 1.82) is 0 Å². The van der Waals surface area contributed by atoms with Gasteiger partial charge in [-0.2, -0.15) is 0 Å². The Bertz CT molecular complexity index is 416. The van der Waals surface area contributed by atoms with Crippen LogP contribution in [-0.2, 0) is 16.0 Å². The van der Waals surface area contributed by atoms with Gasteiger partial charge in [-0.1, -0.05) is 30.3 Å². The highest BCUT2D eigenvalue weighted by Gasteiger charge is 2.31. The Morgan fingerprint density at radius 2 is 2.10 bits per heavy atom. The molecule has 110 valence electrons. The summed E-state index contributed by atoms with van der Waals surface area (Å²) in [7, 11) is 0. The van der Waals surface area contributed by atoms with E-state index >= 15 is 0 Å². The number of nitrogens with one attached hydrogen (secondary N) is 1. The summed E-state index contributed by atoms with van der Waals surface area (Å²) in [5, 5.41) is 3.00. The highest BCUT2D eigenvalue weighted by molar-refractivity contribution is 5.81. The molecule has 1 aromatic rings. The highest BCUT2D eigenvalue weighted by atomic mass is 16.5. The minimum atomic E-state index is -0.429. The number of nitrogens with two attached hydrogens (primary N) is 1. The minimum Gasteiger partial charge on any atom is -0.378 e. The number of ether oxygens (including phenoxy) is 1. The Morgan fingerprint density at radius 1 is 1.40 bits per heavy atom. The molecule has 1 aliphatic carbocycles. The Balaban J connectivity index is 1.65. The van der Waals surface area contributed by atoms with Crippen LogP contribution in [0, 0.1) is 0 Å². The molecule has 0 radical (unpaired) electrons. The first-order valence-corrected chi connectivity index (χ1v) is 7.40. The zero-order valence-electron chi connectivity index (χ0n) is 12.0. The molecule has 0 aliphatic heterocycles. The van der Waals surface area contributed by atoms with Crippen LogP contribution in [0.2, 0.25) is 0 Å². The number of hydrogen-bond acceptors (Lipinski definition) is 3. The van der Waals surface area contributed by atoms with Crippen LogP contribution in [0.25, 0.3) is 0 Å². The van der Waals surface area contributed by atoms with Gasteiger partial charge in [0, 0.05) is 12.6 Å². The topological polar surface area (TPSA) is 64.3 Å². The molecule has 0 bridgehead atoms. The van der Waals surface area contributed by atoms with E-state index < -0.39 is 6.04 Å². The lowest BCUT2D eigenvalue weighted by molar-refractivity contribution is -0.125. The largest absolute Gasteiger partial charge is 0.378 e. The third-order valence-electron chi connectivity index (χ3n) is 3.77. The molecule has 0 aromatic heterocycles. The van der Waals surface area contributed by atoms with E-state index in [1.54, 1.807) is 0 Å². The van der Waals surface area contributed by atoms with Gasteiger partial charge in [-0.05, 0) is 38.2 Å². The number of carbonyl (C=O) groups is 1. The number of aryl methyl sites for hydroxylation is 1. The summed E-state index contributed by atoms with van der Waals surface area (Å²) >= 11 is 0. The van der Waals surface area contributed by atoms with Gasteiger partial charge >= 0.3 is 0 Å². The molecule has 1 amide bonds. The molecule has 0 spiro atoms. The summed E-state index contributed by atoms with van der Waals surface area (Å²) in [4.78, 5) is 12.0. The second-order valence-electron chi connectivity index (χ2n) is 5.39. The van der Waals surface area contributed by atoms with Crippen molar-refractivity contribution in [3.8, 4) is 0 Å². The molecule has 3 N–H and O–H groups in total. The Kier molecular flexibility index (Phi) is 5.56. The molecule has 0 heterocycles. The van der Waals surface area contributed by atoms with Crippen molar-refractivity contribution < 1.29 is 9.53 Å². The quantitative estimate of drug-likeness (QED) is 0.795. The van der Waals surface area contributed by atoms with E-state index in [1.165, 1.54) is 5.56 Å². The summed E-state index contributed by atoms with van der Waals surface area (Å²) in [5.41, 5.74) is 7.16. The normalized spacial score (nSPS) is 22.9. The van der Waals surface area contributed by atoms with Crippen LogP contribution in [0.1, 0.15) is 31.7 Å². The maximum atomic E-state index is 12.0. The molecule has 1 atom stereocenters. The summed E-state index contributed by atoms with van der Waals surface area (Å²) in [6.45, 7) is 2.73. The van der Waals surface area contributed by atoms with Gasteiger partial charge in [-0.3, -0.25) is 4.79 Å². The zero-order chi connectivity index (χ0) is 14.4. The zero-order valence-corrected chi connectivity index (χ0v) is 12.0. The molecule has 4 heteroatoms. The summed E-state index contributed by atoms with van der Waals surface area (Å²) in [6.07, 6.45) is 3.64. The van der Waals surface area contributed by atoms with Gasteiger partial charge in [0.2, 0.25) is 5.91 Å². The molecule has 1 unspecified atom stereocenters. The molecule has 0 saturated heterocycles. The van der Waals surface area contributed by atoms with Crippen molar-refractivity contribution in [2.24, 2.45) is 5.73 Å². The molecule has 1 aromatic carbocycles. The van der Waals surface area contributed by atoms with Gasteiger partial charge in [0.15, 0.2) is 0 Å². The summed E-state index contributed by atoms with van der Waals surface area (Å²) < 4.78 is 5.47. The first-order chi connectivity index (χ1) is 9.69. The third kappa shape index (κ3) is 4.32. The SMILES string of the molecule is CCOC1CC(NC(=O)C(N)CCc2ccccc2)C1. The van der Waals surface area contributed by atoms with Gasteiger partial charge in [-0.25, -0.2) is 0 Å². The van der Waals surface area contributed by atoms with E-state index in [4.69, 9.17) is 10.5 Å². The van der Waals surface area contributed by atoms with Gasteiger partial charge in [-0.15, -0.1) is 0 Å². The van der Waals surface area contributed by atoms with E-state index in [2.05, 4.69) is 17.4 Å². The van der Waals surface area contributed by atoms with E-state index in [-0.39, 0.29) is 11.9 Å². The van der Waals surface area contributed by atoms with Crippen molar-refractivity contribution in [3.05, 3.63) is 35.9 Å². The highest BCUT2D eigenvalue weighted by Crippen LogP contribution is 2.23. The Labute approximate surface area is 120 Å². The predicted octanol–water partition coefficient (Wildman–Crippen LogP) is 1.63. The maximum absolute atomic E-state index is 12.0. The monoisotopic (exact) mass is 276 g/mol. The third-order valence-corrected chi connectivity index (χ3v) is 3.77. The van der Waals surface area contributed by atoms with Gasteiger partial charge in [0.1, 0.15) is 0 Å². The van der Waals surface area contributed by atoms with Crippen molar-refractivity contribution in [2.45, 2.75) is 50.8 Å². The average Bonchev–Trinajstić information content (AvgIpc) is 2.43. The predicted molar refractivity (Wildman–Crippen MR) is 79.3 cm³/mol. The molecule has 1 aliphatic rings. The lowest BCUT2D eigenvalue weighted by Gasteiger charge is -2.35. The number of amides is 1. The van der Waals surface area contributed by atoms with Crippen LogP contribution in [-0.4, -0.2) is 30.7 Å². The number of carbonyl (C=O) groups excluding carboxylic acids is 1. The number of hydrogen-bond donors (Lipinski definition) is 2. The van der Waals surface area contributed by atoms with E-state index in [9.17, 15) is 4.79 Å². The van der Waals surface area contributed by atoms with E-state index in [1.807, 2.05) is 25.1 Å². The second kappa shape index (κ2) is 7.41. The van der Waals surface area contributed by atoms with Crippen molar-refractivity contribution >= 4 is 5.91 Å². The summed E-state index contributed by atoms with van der Waals surface area (Å²) in [5.74, 6) is -0.0409. The van der Waals surface area contributed by atoms with E-state index in [0.29, 0.717) is 12.5 Å². The molecule has 4 nitrogen and oxygen atoms in total. The lowest BCUT2D eigenvalue weighted by Crippen LogP contribution is -2.52. The Morgan fingerprint density at radius 3 is 2.75 bits per heavy atom. The minimum absolute atomic E-state index is 0.0409. The van der Waals surface area contributed by atoms with Crippen LogP contribution >= 0.6 is 0 Å². The first-order valence-electron chi connectivity index (χ1n) is 7.40.